The number of rotatable bonds is 6. The Hall–Kier alpha value is -1.91. The zero-order valence-electron chi connectivity index (χ0n) is 16.3. The minimum absolute atomic E-state index is 0.0311. The summed E-state index contributed by atoms with van der Waals surface area (Å²) in [5, 5.41) is 3.02. The molecule has 4 nitrogen and oxygen atoms in total. The van der Waals surface area contributed by atoms with Crippen LogP contribution >= 0.6 is 0 Å². The Labute approximate surface area is 156 Å². The molecule has 5 heteroatoms. The van der Waals surface area contributed by atoms with Crippen LogP contribution in [0.1, 0.15) is 52.5 Å². The number of amides is 2. The maximum atomic E-state index is 13.1. The number of likely N-dealkylation sites (tertiary alicyclic amines) is 1. The van der Waals surface area contributed by atoms with Gasteiger partial charge in [0.2, 0.25) is 11.8 Å². The van der Waals surface area contributed by atoms with E-state index in [9.17, 15) is 14.0 Å². The van der Waals surface area contributed by atoms with Gasteiger partial charge in [0.05, 0.1) is 0 Å². The average molecular weight is 362 g/mol. The largest absolute Gasteiger partial charge is 0.355 e. The molecule has 1 saturated heterocycles. The van der Waals surface area contributed by atoms with E-state index < -0.39 is 0 Å². The topological polar surface area (TPSA) is 49.4 Å². The molecular weight excluding hydrogens is 331 g/mol. The summed E-state index contributed by atoms with van der Waals surface area (Å²) in [5.74, 6) is 0.363. The van der Waals surface area contributed by atoms with E-state index >= 15 is 0 Å². The van der Waals surface area contributed by atoms with Crippen LogP contribution in [-0.2, 0) is 15.0 Å². The second-order valence-corrected chi connectivity index (χ2v) is 8.29. The molecule has 2 amide bonds. The van der Waals surface area contributed by atoms with Gasteiger partial charge in [-0.15, -0.1) is 0 Å². The smallest absolute Gasteiger partial charge is 0.225 e. The molecule has 0 radical (unpaired) electrons. The molecule has 0 atom stereocenters. The van der Waals surface area contributed by atoms with Crippen LogP contribution in [0.3, 0.4) is 0 Å². The summed E-state index contributed by atoms with van der Waals surface area (Å²) in [7, 11) is 0. The maximum absolute atomic E-state index is 13.1. The summed E-state index contributed by atoms with van der Waals surface area (Å²) < 4.78 is 13.1. The molecule has 1 heterocycles. The lowest BCUT2D eigenvalue weighted by Crippen LogP contribution is -2.42. The van der Waals surface area contributed by atoms with Gasteiger partial charge in [-0.2, -0.15) is 0 Å². The van der Waals surface area contributed by atoms with E-state index in [4.69, 9.17) is 0 Å². The normalized spacial score (nSPS) is 16.0. The van der Waals surface area contributed by atoms with Crippen molar-refractivity contribution in [1.82, 2.24) is 10.2 Å². The van der Waals surface area contributed by atoms with Crippen LogP contribution in [0.4, 0.5) is 4.39 Å². The second kappa shape index (κ2) is 8.65. The van der Waals surface area contributed by atoms with Gasteiger partial charge >= 0.3 is 0 Å². The Kier molecular flexibility index (Phi) is 6.79. The first-order valence-electron chi connectivity index (χ1n) is 9.50. The van der Waals surface area contributed by atoms with Gasteiger partial charge in [0.15, 0.2) is 0 Å². The van der Waals surface area contributed by atoms with Gasteiger partial charge in [0.25, 0.3) is 0 Å². The number of piperidine rings is 1. The third kappa shape index (κ3) is 5.55. The molecule has 0 saturated carbocycles. The summed E-state index contributed by atoms with van der Waals surface area (Å²) in [6.45, 7) is 9.93. The van der Waals surface area contributed by atoms with Crippen molar-refractivity contribution in [3.8, 4) is 0 Å². The zero-order chi connectivity index (χ0) is 19.3. The van der Waals surface area contributed by atoms with Crippen LogP contribution in [0.25, 0.3) is 0 Å². The van der Waals surface area contributed by atoms with E-state index in [0.717, 1.165) is 31.5 Å². The molecule has 0 unspecified atom stereocenters. The monoisotopic (exact) mass is 362 g/mol. The fraction of sp³-hybridized carbons (Fsp3) is 0.619. The SMILES string of the molecule is CC(C)C(=O)N1CCC(CC(=O)NCC(C)(C)c2ccc(F)cc2)CC1. The van der Waals surface area contributed by atoms with Crippen molar-refractivity contribution in [3.05, 3.63) is 35.6 Å². The quantitative estimate of drug-likeness (QED) is 0.842. The lowest BCUT2D eigenvalue weighted by Gasteiger charge is -2.33. The van der Waals surface area contributed by atoms with Crippen molar-refractivity contribution >= 4 is 11.8 Å². The second-order valence-electron chi connectivity index (χ2n) is 8.29. The Morgan fingerprint density at radius 2 is 1.77 bits per heavy atom. The molecule has 1 aliphatic heterocycles. The highest BCUT2D eigenvalue weighted by Crippen LogP contribution is 2.24. The van der Waals surface area contributed by atoms with Gasteiger partial charge in [-0.3, -0.25) is 9.59 Å². The zero-order valence-corrected chi connectivity index (χ0v) is 16.3. The number of carbonyl (C=O) groups excluding carboxylic acids is 2. The van der Waals surface area contributed by atoms with Gasteiger partial charge in [0.1, 0.15) is 5.82 Å². The number of hydrogen-bond donors (Lipinski definition) is 1. The van der Waals surface area contributed by atoms with Gasteiger partial charge in [-0.1, -0.05) is 39.8 Å². The van der Waals surface area contributed by atoms with Gasteiger partial charge in [0, 0.05) is 37.4 Å². The third-order valence-electron chi connectivity index (χ3n) is 5.25. The summed E-state index contributed by atoms with van der Waals surface area (Å²) in [6, 6.07) is 6.43. The fourth-order valence-corrected chi connectivity index (χ4v) is 3.38. The lowest BCUT2D eigenvalue weighted by atomic mass is 9.84. The Morgan fingerprint density at radius 1 is 1.19 bits per heavy atom. The Bertz CT molecular complexity index is 617. The minimum atomic E-state index is -0.254. The molecule has 144 valence electrons. The third-order valence-corrected chi connectivity index (χ3v) is 5.25. The van der Waals surface area contributed by atoms with Gasteiger partial charge in [-0.05, 0) is 36.5 Å². The highest BCUT2D eigenvalue weighted by molar-refractivity contribution is 5.78. The van der Waals surface area contributed by atoms with E-state index in [1.54, 1.807) is 12.1 Å². The molecule has 1 aromatic rings. The highest BCUT2D eigenvalue weighted by Gasteiger charge is 2.26. The van der Waals surface area contributed by atoms with E-state index in [-0.39, 0.29) is 29.0 Å². The molecule has 1 N–H and O–H groups in total. The highest BCUT2D eigenvalue weighted by atomic mass is 19.1. The molecule has 0 aromatic heterocycles. The number of hydrogen-bond acceptors (Lipinski definition) is 2. The first-order chi connectivity index (χ1) is 12.2. The minimum Gasteiger partial charge on any atom is -0.355 e. The molecule has 0 spiro atoms. The van der Waals surface area contributed by atoms with Crippen molar-refractivity contribution in [2.45, 2.75) is 52.4 Å². The standard InChI is InChI=1S/C21H31FN2O2/c1-15(2)20(26)24-11-9-16(10-12-24)13-19(25)23-14-21(3,4)17-5-7-18(22)8-6-17/h5-8,15-16H,9-14H2,1-4H3,(H,23,25). The molecule has 1 fully saturated rings. The van der Waals surface area contributed by atoms with Crippen molar-refractivity contribution in [2.75, 3.05) is 19.6 Å². The van der Waals surface area contributed by atoms with Crippen LogP contribution in [0.2, 0.25) is 0 Å². The van der Waals surface area contributed by atoms with Crippen molar-refractivity contribution in [2.24, 2.45) is 11.8 Å². The van der Waals surface area contributed by atoms with Crippen molar-refractivity contribution < 1.29 is 14.0 Å². The van der Waals surface area contributed by atoms with E-state index in [2.05, 4.69) is 5.32 Å². The molecule has 26 heavy (non-hydrogen) atoms. The number of halogens is 1. The van der Waals surface area contributed by atoms with Crippen molar-refractivity contribution in [3.63, 3.8) is 0 Å². The first-order valence-corrected chi connectivity index (χ1v) is 9.50. The molecule has 0 bridgehead atoms. The number of benzene rings is 1. The summed E-state index contributed by atoms with van der Waals surface area (Å²) in [4.78, 5) is 26.2. The summed E-state index contributed by atoms with van der Waals surface area (Å²) in [6.07, 6.45) is 2.27. The maximum Gasteiger partial charge on any atom is 0.225 e. The van der Waals surface area contributed by atoms with Crippen LogP contribution in [-0.4, -0.2) is 36.3 Å². The van der Waals surface area contributed by atoms with Crippen LogP contribution < -0.4 is 5.32 Å². The molecule has 0 aliphatic carbocycles. The first kappa shape index (κ1) is 20.4. The molecule has 1 aromatic carbocycles. The van der Waals surface area contributed by atoms with Crippen LogP contribution in [0, 0.1) is 17.7 Å². The fourth-order valence-electron chi connectivity index (χ4n) is 3.38. The Balaban J connectivity index is 1.77. The van der Waals surface area contributed by atoms with Gasteiger partial charge < -0.3 is 10.2 Å². The summed E-state index contributed by atoms with van der Waals surface area (Å²) >= 11 is 0. The summed E-state index contributed by atoms with van der Waals surface area (Å²) in [5.41, 5.74) is 0.746. The van der Waals surface area contributed by atoms with E-state index in [0.29, 0.717) is 18.9 Å². The molecule has 1 aliphatic rings. The molecule has 2 rings (SSSR count). The molecular formula is C21H31FN2O2. The number of nitrogens with one attached hydrogen (secondary N) is 1. The van der Waals surface area contributed by atoms with E-state index in [1.165, 1.54) is 12.1 Å². The average Bonchev–Trinajstić information content (AvgIpc) is 2.60. The van der Waals surface area contributed by atoms with Crippen LogP contribution in [0.15, 0.2) is 24.3 Å². The van der Waals surface area contributed by atoms with Crippen molar-refractivity contribution in [1.29, 1.82) is 0 Å². The van der Waals surface area contributed by atoms with Gasteiger partial charge in [-0.25, -0.2) is 4.39 Å². The predicted octanol–water partition coefficient (Wildman–Crippen LogP) is 3.50. The number of carbonyl (C=O) groups is 2. The predicted molar refractivity (Wildman–Crippen MR) is 101 cm³/mol. The Morgan fingerprint density at radius 3 is 2.31 bits per heavy atom. The van der Waals surface area contributed by atoms with E-state index in [1.807, 2.05) is 32.6 Å². The lowest BCUT2D eigenvalue weighted by molar-refractivity contribution is -0.136. The van der Waals surface area contributed by atoms with Crippen LogP contribution in [0.5, 0.6) is 0 Å². The number of nitrogens with zero attached hydrogens (tertiary/aromatic N) is 1.